The molecule has 0 aliphatic rings. The van der Waals surface area contributed by atoms with Gasteiger partial charge >= 0.3 is 0 Å². The summed E-state index contributed by atoms with van der Waals surface area (Å²) in [6, 6.07) is 15.9. The molecule has 0 saturated carbocycles. The Bertz CT molecular complexity index is 505. The first-order valence-electron chi connectivity index (χ1n) is 6.23. The van der Waals surface area contributed by atoms with Crippen molar-refractivity contribution in [1.29, 1.82) is 0 Å². The van der Waals surface area contributed by atoms with Crippen molar-refractivity contribution in [3.05, 3.63) is 65.2 Å². The van der Waals surface area contributed by atoms with E-state index in [9.17, 15) is 5.11 Å². The molecule has 0 saturated heterocycles. The molecule has 0 bridgehead atoms. The highest BCUT2D eigenvalue weighted by atomic mass is 16.3. The molecular weight excluding hydrogens is 222 g/mol. The highest BCUT2D eigenvalue weighted by Gasteiger charge is 2.10. The fraction of sp³-hybridized carbons (Fsp3) is 0.250. The fourth-order valence-electron chi connectivity index (χ4n) is 2.14. The molecule has 2 rings (SSSR count). The Kier molecular flexibility index (Phi) is 4.00. The van der Waals surface area contributed by atoms with E-state index in [0.29, 0.717) is 18.2 Å². The van der Waals surface area contributed by atoms with Crippen LogP contribution in [0.15, 0.2) is 48.5 Å². The lowest BCUT2D eigenvalue weighted by Gasteiger charge is -2.15. The van der Waals surface area contributed by atoms with E-state index in [2.05, 4.69) is 31.2 Å². The van der Waals surface area contributed by atoms with Crippen molar-refractivity contribution < 1.29 is 5.11 Å². The van der Waals surface area contributed by atoms with Crippen LogP contribution in [-0.4, -0.2) is 11.7 Å². The van der Waals surface area contributed by atoms with E-state index in [1.165, 1.54) is 11.1 Å². The van der Waals surface area contributed by atoms with E-state index >= 15 is 0 Å². The topological polar surface area (TPSA) is 46.2 Å². The first-order chi connectivity index (χ1) is 8.69. The van der Waals surface area contributed by atoms with Crippen LogP contribution in [0.3, 0.4) is 0 Å². The summed E-state index contributed by atoms with van der Waals surface area (Å²) < 4.78 is 0. The van der Waals surface area contributed by atoms with Gasteiger partial charge in [-0.1, -0.05) is 42.0 Å². The lowest BCUT2D eigenvalue weighted by atomic mass is 9.91. The SMILES string of the molecule is Cc1ccc(C(CN)Cc2cccc(O)c2)cc1. The zero-order valence-corrected chi connectivity index (χ0v) is 10.6. The molecule has 0 aromatic heterocycles. The lowest BCUT2D eigenvalue weighted by Crippen LogP contribution is -2.15. The summed E-state index contributed by atoms with van der Waals surface area (Å²) in [5.41, 5.74) is 9.50. The van der Waals surface area contributed by atoms with Crippen molar-refractivity contribution in [3.63, 3.8) is 0 Å². The van der Waals surface area contributed by atoms with E-state index in [1.54, 1.807) is 12.1 Å². The summed E-state index contributed by atoms with van der Waals surface area (Å²) in [5.74, 6) is 0.611. The molecule has 0 amide bonds. The molecule has 2 aromatic carbocycles. The lowest BCUT2D eigenvalue weighted by molar-refractivity contribution is 0.474. The Hall–Kier alpha value is -1.80. The van der Waals surface area contributed by atoms with Gasteiger partial charge in [-0.15, -0.1) is 0 Å². The number of nitrogens with two attached hydrogens (primary N) is 1. The Morgan fingerprint density at radius 2 is 1.83 bits per heavy atom. The number of hydrogen-bond donors (Lipinski definition) is 2. The average molecular weight is 241 g/mol. The van der Waals surface area contributed by atoms with Gasteiger partial charge in [0, 0.05) is 5.92 Å². The van der Waals surface area contributed by atoms with E-state index in [1.807, 2.05) is 12.1 Å². The van der Waals surface area contributed by atoms with Gasteiger partial charge in [-0.25, -0.2) is 0 Å². The van der Waals surface area contributed by atoms with Crippen LogP contribution in [0, 0.1) is 6.92 Å². The molecule has 2 aromatic rings. The van der Waals surface area contributed by atoms with Crippen molar-refractivity contribution in [3.8, 4) is 5.75 Å². The Labute approximate surface area is 108 Å². The minimum Gasteiger partial charge on any atom is -0.508 e. The summed E-state index contributed by atoms with van der Waals surface area (Å²) in [6.07, 6.45) is 0.855. The maximum Gasteiger partial charge on any atom is 0.115 e. The molecule has 0 fully saturated rings. The normalized spacial score (nSPS) is 12.3. The van der Waals surface area contributed by atoms with Crippen molar-refractivity contribution in [2.45, 2.75) is 19.3 Å². The van der Waals surface area contributed by atoms with Gasteiger partial charge in [0.05, 0.1) is 0 Å². The highest BCUT2D eigenvalue weighted by Crippen LogP contribution is 2.22. The maximum absolute atomic E-state index is 9.47. The number of benzene rings is 2. The van der Waals surface area contributed by atoms with Crippen molar-refractivity contribution >= 4 is 0 Å². The monoisotopic (exact) mass is 241 g/mol. The smallest absolute Gasteiger partial charge is 0.115 e. The molecule has 1 atom stereocenters. The van der Waals surface area contributed by atoms with Crippen LogP contribution in [0.25, 0.3) is 0 Å². The fourth-order valence-corrected chi connectivity index (χ4v) is 2.14. The summed E-state index contributed by atoms with van der Waals surface area (Å²) in [7, 11) is 0. The number of phenolic OH excluding ortho intramolecular Hbond substituents is 1. The quantitative estimate of drug-likeness (QED) is 0.864. The third-order valence-corrected chi connectivity index (χ3v) is 3.23. The van der Waals surface area contributed by atoms with E-state index in [0.717, 1.165) is 12.0 Å². The molecule has 0 aliphatic carbocycles. The Balaban J connectivity index is 2.17. The summed E-state index contributed by atoms with van der Waals surface area (Å²) in [6.45, 7) is 2.69. The molecule has 3 N–H and O–H groups in total. The van der Waals surface area contributed by atoms with Gasteiger partial charge in [0.15, 0.2) is 0 Å². The number of hydrogen-bond acceptors (Lipinski definition) is 2. The number of aromatic hydroxyl groups is 1. The van der Waals surface area contributed by atoms with Crippen molar-refractivity contribution in [1.82, 2.24) is 0 Å². The van der Waals surface area contributed by atoms with Gasteiger partial charge < -0.3 is 10.8 Å². The summed E-state index contributed by atoms with van der Waals surface area (Å²) in [5, 5.41) is 9.47. The molecule has 2 heteroatoms. The van der Waals surface area contributed by atoms with Gasteiger partial charge in [-0.2, -0.15) is 0 Å². The standard InChI is InChI=1S/C16H19NO/c1-12-5-7-14(8-6-12)15(11-17)9-13-3-2-4-16(18)10-13/h2-8,10,15,18H,9,11,17H2,1H3. The third kappa shape index (κ3) is 3.11. The van der Waals surface area contributed by atoms with Gasteiger partial charge in [-0.3, -0.25) is 0 Å². The first kappa shape index (κ1) is 12.7. The first-order valence-corrected chi connectivity index (χ1v) is 6.23. The molecule has 2 nitrogen and oxygen atoms in total. The van der Waals surface area contributed by atoms with Crippen LogP contribution >= 0.6 is 0 Å². The van der Waals surface area contributed by atoms with Gasteiger partial charge in [0.25, 0.3) is 0 Å². The maximum atomic E-state index is 9.47. The number of aryl methyl sites for hydroxylation is 1. The predicted molar refractivity (Wildman–Crippen MR) is 74.8 cm³/mol. The largest absolute Gasteiger partial charge is 0.508 e. The second-order valence-corrected chi connectivity index (χ2v) is 4.72. The molecular formula is C16H19NO. The second kappa shape index (κ2) is 5.69. The number of phenols is 1. The van der Waals surface area contributed by atoms with Crippen molar-refractivity contribution in [2.24, 2.45) is 5.73 Å². The molecule has 0 radical (unpaired) electrons. The Morgan fingerprint density at radius 1 is 1.11 bits per heavy atom. The zero-order chi connectivity index (χ0) is 13.0. The second-order valence-electron chi connectivity index (χ2n) is 4.72. The molecule has 18 heavy (non-hydrogen) atoms. The predicted octanol–water partition coefficient (Wildman–Crippen LogP) is 2.99. The van der Waals surface area contributed by atoms with Crippen LogP contribution in [0.1, 0.15) is 22.6 Å². The van der Waals surface area contributed by atoms with Crippen LogP contribution in [0.2, 0.25) is 0 Å². The van der Waals surface area contributed by atoms with Crippen LogP contribution < -0.4 is 5.73 Å². The third-order valence-electron chi connectivity index (χ3n) is 3.23. The summed E-state index contributed by atoms with van der Waals surface area (Å²) in [4.78, 5) is 0. The van der Waals surface area contributed by atoms with E-state index in [4.69, 9.17) is 5.73 Å². The van der Waals surface area contributed by atoms with Crippen LogP contribution in [0.4, 0.5) is 0 Å². The van der Waals surface area contributed by atoms with Crippen LogP contribution in [0.5, 0.6) is 5.75 Å². The average Bonchev–Trinajstić information content (AvgIpc) is 2.37. The highest BCUT2D eigenvalue weighted by molar-refractivity contribution is 5.31. The van der Waals surface area contributed by atoms with Gasteiger partial charge in [-0.05, 0) is 43.1 Å². The Morgan fingerprint density at radius 3 is 2.44 bits per heavy atom. The molecule has 0 spiro atoms. The minimum atomic E-state index is 0.299. The molecule has 1 unspecified atom stereocenters. The zero-order valence-electron chi connectivity index (χ0n) is 10.6. The number of rotatable bonds is 4. The van der Waals surface area contributed by atoms with E-state index in [-0.39, 0.29) is 0 Å². The summed E-state index contributed by atoms with van der Waals surface area (Å²) >= 11 is 0. The van der Waals surface area contributed by atoms with Gasteiger partial charge in [0.1, 0.15) is 5.75 Å². The molecule has 0 heterocycles. The van der Waals surface area contributed by atoms with Crippen molar-refractivity contribution in [2.75, 3.05) is 6.54 Å². The minimum absolute atomic E-state index is 0.299. The molecule has 0 aliphatic heterocycles. The molecule has 94 valence electrons. The van der Waals surface area contributed by atoms with E-state index < -0.39 is 0 Å². The van der Waals surface area contributed by atoms with Crippen LogP contribution in [-0.2, 0) is 6.42 Å². The van der Waals surface area contributed by atoms with Gasteiger partial charge in [0.2, 0.25) is 0 Å².